The summed E-state index contributed by atoms with van der Waals surface area (Å²) >= 11 is 12.0. The lowest BCUT2D eigenvalue weighted by Crippen LogP contribution is -2.26. The van der Waals surface area contributed by atoms with Crippen molar-refractivity contribution in [2.45, 2.75) is 12.7 Å². The van der Waals surface area contributed by atoms with Gasteiger partial charge in [-0.25, -0.2) is 5.43 Å². The molecule has 0 aromatic heterocycles. The van der Waals surface area contributed by atoms with Crippen LogP contribution in [-0.2, 0) is 16.1 Å². The largest absolute Gasteiger partial charge is 0.489 e. The van der Waals surface area contributed by atoms with Gasteiger partial charge in [-0.15, -0.1) is 0 Å². The van der Waals surface area contributed by atoms with E-state index in [0.29, 0.717) is 22.4 Å². The molecule has 154 valence electrons. The molecular weight excluding hydrogens is 423 g/mol. The second kappa shape index (κ2) is 10.8. The Bertz CT molecular complexity index is 1010. The van der Waals surface area contributed by atoms with Crippen molar-refractivity contribution in [3.8, 4) is 5.75 Å². The van der Waals surface area contributed by atoms with E-state index in [4.69, 9.17) is 32.7 Å². The highest BCUT2D eigenvalue weighted by molar-refractivity contribution is 6.35. The molecule has 0 saturated heterocycles. The summed E-state index contributed by atoms with van der Waals surface area (Å²) in [4.78, 5) is 12.3. The Morgan fingerprint density at radius 3 is 2.47 bits per heavy atom. The van der Waals surface area contributed by atoms with Gasteiger partial charge in [0.05, 0.1) is 6.21 Å². The third-order valence-corrected chi connectivity index (χ3v) is 4.84. The van der Waals surface area contributed by atoms with Crippen molar-refractivity contribution in [1.29, 1.82) is 0 Å². The molecule has 1 N–H and O–H groups in total. The molecule has 0 radical (unpaired) electrons. The van der Waals surface area contributed by atoms with Gasteiger partial charge >= 0.3 is 0 Å². The molecular formula is C23H20Cl2N2O3. The fourth-order valence-electron chi connectivity index (χ4n) is 2.70. The van der Waals surface area contributed by atoms with E-state index in [1.54, 1.807) is 18.3 Å². The Morgan fingerprint density at radius 1 is 1.07 bits per heavy atom. The van der Waals surface area contributed by atoms with Gasteiger partial charge in [-0.2, -0.15) is 5.10 Å². The first kappa shape index (κ1) is 21.8. The minimum absolute atomic E-state index is 0.331. The van der Waals surface area contributed by atoms with Gasteiger partial charge in [-0.1, -0.05) is 59.6 Å². The summed E-state index contributed by atoms with van der Waals surface area (Å²) in [5, 5.41) is 5.15. The van der Waals surface area contributed by atoms with E-state index in [9.17, 15) is 4.79 Å². The molecule has 0 aliphatic carbocycles. The number of carbonyl (C=O) groups is 1. The van der Waals surface area contributed by atoms with Gasteiger partial charge < -0.3 is 9.47 Å². The van der Waals surface area contributed by atoms with Gasteiger partial charge in [0.2, 0.25) is 0 Å². The van der Waals surface area contributed by atoms with E-state index in [1.165, 1.54) is 7.11 Å². The second-order valence-corrected chi connectivity index (χ2v) is 7.20. The average Bonchev–Trinajstić information content (AvgIpc) is 2.75. The molecule has 0 aliphatic rings. The highest BCUT2D eigenvalue weighted by Crippen LogP contribution is 2.23. The summed E-state index contributed by atoms with van der Waals surface area (Å²) in [6.07, 6.45) is 0.828. The second-order valence-electron chi connectivity index (χ2n) is 6.35. The van der Waals surface area contributed by atoms with Crippen LogP contribution in [0.4, 0.5) is 0 Å². The van der Waals surface area contributed by atoms with Crippen LogP contribution in [0.5, 0.6) is 5.75 Å². The lowest BCUT2D eigenvalue weighted by atomic mass is 10.1. The van der Waals surface area contributed by atoms with E-state index in [2.05, 4.69) is 10.5 Å². The number of nitrogens with zero attached hydrogens (tertiary/aromatic N) is 1. The number of hydrazone groups is 1. The van der Waals surface area contributed by atoms with Crippen molar-refractivity contribution in [3.05, 3.63) is 99.5 Å². The van der Waals surface area contributed by atoms with Crippen LogP contribution in [0.25, 0.3) is 0 Å². The topological polar surface area (TPSA) is 59.9 Å². The molecule has 3 aromatic rings. The molecule has 3 rings (SSSR count). The van der Waals surface area contributed by atoms with Gasteiger partial charge in [0.25, 0.3) is 5.91 Å². The van der Waals surface area contributed by atoms with Crippen molar-refractivity contribution in [3.63, 3.8) is 0 Å². The molecule has 30 heavy (non-hydrogen) atoms. The Morgan fingerprint density at radius 2 is 1.80 bits per heavy atom. The number of hydrogen-bond acceptors (Lipinski definition) is 4. The number of halogens is 2. The molecule has 1 amide bonds. The Labute approximate surface area is 185 Å². The maximum absolute atomic E-state index is 12.3. The van der Waals surface area contributed by atoms with Crippen LogP contribution in [0.2, 0.25) is 10.0 Å². The van der Waals surface area contributed by atoms with Crippen molar-refractivity contribution in [2.24, 2.45) is 5.10 Å². The lowest BCUT2D eigenvalue weighted by molar-refractivity contribution is -0.131. The minimum Gasteiger partial charge on any atom is -0.489 e. The first-order valence-corrected chi connectivity index (χ1v) is 9.90. The van der Waals surface area contributed by atoms with Gasteiger partial charge in [-0.3, -0.25) is 4.79 Å². The maximum Gasteiger partial charge on any atom is 0.273 e. The van der Waals surface area contributed by atoms with Gasteiger partial charge in [0.15, 0.2) is 6.10 Å². The van der Waals surface area contributed by atoms with Gasteiger partial charge in [0.1, 0.15) is 12.4 Å². The van der Waals surface area contributed by atoms with E-state index in [-0.39, 0.29) is 5.91 Å². The summed E-state index contributed by atoms with van der Waals surface area (Å²) in [5.74, 6) is 0.338. The highest BCUT2D eigenvalue weighted by atomic mass is 35.5. The fourth-order valence-corrected chi connectivity index (χ4v) is 3.16. The fraction of sp³-hybridized carbons (Fsp3) is 0.130. The highest BCUT2D eigenvalue weighted by Gasteiger charge is 2.19. The first-order valence-electron chi connectivity index (χ1n) is 9.14. The molecule has 7 heteroatoms. The monoisotopic (exact) mass is 442 g/mol. The molecule has 0 aliphatic heterocycles. The molecule has 1 atom stereocenters. The number of nitrogens with one attached hydrogen (secondary N) is 1. The predicted octanol–water partition coefficient (Wildman–Crippen LogP) is 5.41. The molecule has 5 nitrogen and oxygen atoms in total. The smallest absolute Gasteiger partial charge is 0.273 e. The number of rotatable bonds is 8. The van der Waals surface area contributed by atoms with Crippen LogP contribution in [0.1, 0.15) is 22.8 Å². The Hall–Kier alpha value is -2.86. The number of carbonyl (C=O) groups excluding carboxylic acids is 1. The van der Waals surface area contributed by atoms with E-state index < -0.39 is 6.10 Å². The Kier molecular flexibility index (Phi) is 7.85. The molecule has 0 bridgehead atoms. The van der Waals surface area contributed by atoms with Crippen molar-refractivity contribution in [1.82, 2.24) is 5.43 Å². The van der Waals surface area contributed by atoms with E-state index >= 15 is 0 Å². The van der Waals surface area contributed by atoms with Crippen LogP contribution in [0.15, 0.2) is 77.9 Å². The number of methoxy groups -OCH3 is 1. The zero-order valence-corrected chi connectivity index (χ0v) is 17.7. The molecule has 0 fully saturated rings. The quantitative estimate of drug-likeness (QED) is 0.374. The number of hydrogen-bond donors (Lipinski definition) is 1. The summed E-state index contributed by atoms with van der Waals surface area (Å²) in [6.45, 7) is 0.331. The standard InChI is InChI=1S/C23H20Cl2N2O3/c1-29-22(17-5-3-2-4-6-17)23(28)27-26-14-16-7-11-20(12-8-16)30-15-18-9-10-19(24)13-21(18)25/h2-14,22H,15H2,1H3,(H,27,28)/b26-14+. The number of amides is 1. The third-order valence-electron chi connectivity index (χ3n) is 4.25. The molecule has 0 spiro atoms. The maximum atomic E-state index is 12.3. The van der Waals surface area contributed by atoms with Crippen molar-refractivity contribution >= 4 is 35.3 Å². The van der Waals surface area contributed by atoms with Crippen molar-refractivity contribution in [2.75, 3.05) is 7.11 Å². The van der Waals surface area contributed by atoms with Gasteiger partial charge in [0, 0.05) is 22.7 Å². The summed E-state index contributed by atoms with van der Waals surface area (Å²) < 4.78 is 11.0. The third kappa shape index (κ3) is 6.07. The van der Waals surface area contributed by atoms with Crippen LogP contribution in [0.3, 0.4) is 0 Å². The SMILES string of the molecule is COC(C(=O)N/N=C/c1ccc(OCc2ccc(Cl)cc2Cl)cc1)c1ccccc1. The predicted molar refractivity (Wildman–Crippen MR) is 119 cm³/mol. The zero-order valence-electron chi connectivity index (χ0n) is 16.2. The van der Waals surface area contributed by atoms with Crippen LogP contribution in [-0.4, -0.2) is 19.2 Å². The molecule has 1 unspecified atom stereocenters. The summed E-state index contributed by atoms with van der Waals surface area (Å²) in [7, 11) is 1.48. The summed E-state index contributed by atoms with van der Waals surface area (Å²) in [6, 6.07) is 21.8. The molecule has 0 saturated carbocycles. The number of benzene rings is 3. The molecule has 3 aromatic carbocycles. The van der Waals surface area contributed by atoms with E-state index in [0.717, 1.165) is 16.7 Å². The normalized spacial score (nSPS) is 12.0. The minimum atomic E-state index is -0.723. The van der Waals surface area contributed by atoms with E-state index in [1.807, 2.05) is 60.7 Å². The van der Waals surface area contributed by atoms with Crippen LogP contribution < -0.4 is 10.2 Å². The molecule has 0 heterocycles. The lowest BCUT2D eigenvalue weighted by Gasteiger charge is -2.13. The number of ether oxygens (including phenoxy) is 2. The Balaban J connectivity index is 1.53. The first-order chi connectivity index (χ1) is 14.6. The van der Waals surface area contributed by atoms with Crippen LogP contribution in [0, 0.1) is 0 Å². The van der Waals surface area contributed by atoms with Gasteiger partial charge in [-0.05, 0) is 47.5 Å². The average molecular weight is 443 g/mol. The summed E-state index contributed by atoms with van der Waals surface area (Å²) in [5.41, 5.74) is 4.91. The van der Waals surface area contributed by atoms with Crippen LogP contribution >= 0.6 is 23.2 Å². The van der Waals surface area contributed by atoms with Crippen molar-refractivity contribution < 1.29 is 14.3 Å². The zero-order chi connectivity index (χ0) is 21.3.